The monoisotopic (exact) mass is 222 g/mol. The third-order valence-corrected chi connectivity index (χ3v) is 2.27. The molecule has 7 nitrogen and oxygen atoms in total. The van der Waals surface area contributed by atoms with Crippen LogP contribution in [0.5, 0.6) is 0 Å². The molecule has 5 atom stereocenters. The number of aliphatic hydroxyl groups is 4. The molecule has 1 amide bonds. The summed E-state index contributed by atoms with van der Waals surface area (Å²) in [5, 5.41) is 39.4. The minimum absolute atomic E-state index is 0. The van der Waals surface area contributed by atoms with Gasteiger partial charge in [-0.15, -0.1) is 0 Å². The maximum absolute atomic E-state index is 10.7. The van der Waals surface area contributed by atoms with E-state index in [2.05, 4.69) is 5.32 Å². The first-order valence-corrected chi connectivity index (χ1v) is 4.55. The molecular formula is C8H16NO6+. The summed E-state index contributed by atoms with van der Waals surface area (Å²) in [5.74, 6) is -0.462. The fourth-order valence-electron chi connectivity index (χ4n) is 1.49. The lowest BCUT2D eigenvalue weighted by molar-refractivity contribution is -0.253. The largest absolute Gasteiger partial charge is 1.00 e. The first-order valence-electron chi connectivity index (χ1n) is 4.55. The van der Waals surface area contributed by atoms with Crippen LogP contribution in [0.3, 0.4) is 0 Å². The molecule has 1 heterocycles. The van der Waals surface area contributed by atoms with Gasteiger partial charge in [0.25, 0.3) is 0 Å². The van der Waals surface area contributed by atoms with Gasteiger partial charge in [-0.3, -0.25) is 4.79 Å². The lowest BCUT2D eigenvalue weighted by atomic mass is 9.97. The van der Waals surface area contributed by atoms with Crippen LogP contribution < -0.4 is 5.32 Å². The number of hydrogen-bond acceptors (Lipinski definition) is 6. The Hall–Kier alpha value is -0.730. The van der Waals surface area contributed by atoms with Crippen LogP contribution in [-0.2, 0) is 9.53 Å². The molecule has 0 radical (unpaired) electrons. The Morgan fingerprint density at radius 3 is 2.47 bits per heavy atom. The molecule has 1 rings (SSSR count). The smallest absolute Gasteiger partial charge is 0.394 e. The molecule has 0 bridgehead atoms. The third-order valence-electron chi connectivity index (χ3n) is 2.27. The number of ether oxygens (including phenoxy) is 1. The van der Waals surface area contributed by atoms with Gasteiger partial charge in [-0.05, 0) is 0 Å². The van der Waals surface area contributed by atoms with E-state index in [1.165, 1.54) is 6.92 Å². The van der Waals surface area contributed by atoms with Crippen LogP contribution in [0.2, 0.25) is 0 Å². The van der Waals surface area contributed by atoms with Gasteiger partial charge < -0.3 is 30.5 Å². The van der Waals surface area contributed by atoms with E-state index in [9.17, 15) is 20.1 Å². The Morgan fingerprint density at radius 2 is 2.00 bits per heavy atom. The van der Waals surface area contributed by atoms with E-state index in [1.54, 1.807) is 0 Å². The maximum atomic E-state index is 10.7. The highest BCUT2D eigenvalue weighted by molar-refractivity contribution is 5.73. The zero-order chi connectivity index (χ0) is 11.6. The summed E-state index contributed by atoms with van der Waals surface area (Å²) in [5.41, 5.74) is 0. The van der Waals surface area contributed by atoms with Crippen LogP contribution in [-0.4, -0.2) is 63.6 Å². The normalized spacial score (nSPS) is 41.3. The van der Waals surface area contributed by atoms with Gasteiger partial charge in [-0.25, -0.2) is 0 Å². The number of nitrogens with one attached hydrogen (secondary N) is 1. The molecule has 1 fully saturated rings. The average Bonchev–Trinajstić information content (AvgIpc) is 2.18. The van der Waals surface area contributed by atoms with Gasteiger partial charge in [-0.1, -0.05) is 0 Å². The number of amides is 1. The summed E-state index contributed by atoms with van der Waals surface area (Å²) < 4.78 is 4.81. The SMILES string of the molecule is CC(=O)N[C@@H]1[C@@H](O)[C@H](O)[C@@H](CO)O[C@H]1O.[H+]. The van der Waals surface area contributed by atoms with E-state index in [0.717, 1.165) is 0 Å². The van der Waals surface area contributed by atoms with E-state index in [0.29, 0.717) is 0 Å². The summed E-state index contributed by atoms with van der Waals surface area (Å²) in [6.45, 7) is 0.687. The van der Waals surface area contributed by atoms with Crippen molar-refractivity contribution in [3.05, 3.63) is 0 Å². The zero-order valence-electron chi connectivity index (χ0n) is 9.20. The molecule has 0 unspecified atom stereocenters. The second-order valence-electron chi connectivity index (χ2n) is 3.46. The second kappa shape index (κ2) is 4.86. The summed E-state index contributed by atoms with van der Waals surface area (Å²) >= 11 is 0. The summed E-state index contributed by atoms with van der Waals surface area (Å²) in [4.78, 5) is 10.7. The molecule has 88 valence electrons. The Labute approximate surface area is 87.8 Å². The Balaban J connectivity index is 0.00000225. The van der Waals surface area contributed by atoms with E-state index >= 15 is 0 Å². The summed E-state index contributed by atoms with van der Waals surface area (Å²) in [6, 6.07) is -1.10. The lowest BCUT2D eigenvalue weighted by Gasteiger charge is -2.40. The number of aliphatic hydroxyl groups excluding tert-OH is 4. The molecule has 0 spiro atoms. The van der Waals surface area contributed by atoms with Gasteiger partial charge in [0.1, 0.15) is 24.4 Å². The van der Waals surface area contributed by atoms with Crippen LogP contribution in [0.4, 0.5) is 0 Å². The summed E-state index contributed by atoms with van der Waals surface area (Å²) in [7, 11) is 0. The van der Waals surface area contributed by atoms with Gasteiger partial charge in [0, 0.05) is 6.92 Å². The van der Waals surface area contributed by atoms with E-state index in [-0.39, 0.29) is 1.43 Å². The van der Waals surface area contributed by atoms with E-state index in [1.807, 2.05) is 0 Å². The molecule has 7 heteroatoms. The molecule has 0 aliphatic carbocycles. The van der Waals surface area contributed by atoms with E-state index in [4.69, 9.17) is 9.84 Å². The first kappa shape index (κ1) is 12.3. The van der Waals surface area contributed by atoms with Crippen molar-refractivity contribution in [3.63, 3.8) is 0 Å². The second-order valence-corrected chi connectivity index (χ2v) is 3.46. The van der Waals surface area contributed by atoms with Crippen molar-refractivity contribution >= 4 is 5.91 Å². The van der Waals surface area contributed by atoms with Crippen molar-refractivity contribution in [1.29, 1.82) is 0 Å². The van der Waals surface area contributed by atoms with Crippen LogP contribution >= 0.6 is 0 Å². The number of carbonyl (C=O) groups excluding carboxylic acids is 1. The van der Waals surface area contributed by atoms with Crippen LogP contribution in [0.1, 0.15) is 8.35 Å². The molecule has 0 aromatic carbocycles. The Bertz CT molecular complexity index is 241. The van der Waals surface area contributed by atoms with Crippen molar-refractivity contribution in [2.75, 3.05) is 6.61 Å². The first-order chi connectivity index (χ1) is 6.97. The minimum atomic E-state index is -1.45. The average molecular weight is 222 g/mol. The number of rotatable bonds is 2. The predicted molar refractivity (Wildman–Crippen MR) is 48.7 cm³/mol. The molecule has 1 saturated heterocycles. The number of hydrogen-bond donors (Lipinski definition) is 5. The van der Waals surface area contributed by atoms with Crippen LogP contribution in [0.15, 0.2) is 0 Å². The zero-order valence-corrected chi connectivity index (χ0v) is 8.20. The highest BCUT2D eigenvalue weighted by atomic mass is 16.6. The van der Waals surface area contributed by atoms with Gasteiger partial charge in [0.2, 0.25) is 5.91 Å². The summed E-state index contributed by atoms with van der Waals surface area (Å²) in [6.07, 6.45) is -5.24. The maximum Gasteiger partial charge on any atom is 1.00 e. The fourth-order valence-corrected chi connectivity index (χ4v) is 1.49. The van der Waals surface area contributed by atoms with Crippen molar-refractivity contribution in [2.24, 2.45) is 0 Å². The lowest BCUT2D eigenvalue weighted by Crippen LogP contribution is -2.63. The molecule has 1 aliphatic heterocycles. The molecule has 5 N–H and O–H groups in total. The Kier molecular flexibility index (Phi) is 4.00. The molecule has 1 aliphatic rings. The van der Waals surface area contributed by atoms with Gasteiger partial charge >= 0.3 is 1.43 Å². The molecule has 0 aromatic heterocycles. The third kappa shape index (κ3) is 2.64. The minimum Gasteiger partial charge on any atom is -0.394 e. The van der Waals surface area contributed by atoms with E-state index < -0.39 is 43.2 Å². The fraction of sp³-hybridized carbons (Fsp3) is 0.875. The van der Waals surface area contributed by atoms with Crippen LogP contribution in [0, 0.1) is 0 Å². The quantitative estimate of drug-likeness (QED) is 0.340. The standard InChI is InChI=1S/C8H15NO6/c1-3(11)9-5-7(13)6(12)4(2-10)15-8(5)14/h4-8,10,12-14H,2H2,1H3,(H,9,11)/p+1/t4-,5-,6-,7-,8-/m1/s1. The van der Waals surface area contributed by atoms with Crippen molar-refractivity contribution in [2.45, 2.75) is 37.6 Å². The molecule has 0 aromatic rings. The highest BCUT2D eigenvalue weighted by Crippen LogP contribution is 2.19. The highest BCUT2D eigenvalue weighted by Gasteiger charge is 2.43. The molecule has 0 saturated carbocycles. The Morgan fingerprint density at radius 1 is 1.40 bits per heavy atom. The van der Waals surface area contributed by atoms with Gasteiger partial charge in [0.05, 0.1) is 6.61 Å². The predicted octanol–water partition coefficient (Wildman–Crippen LogP) is -2.97. The van der Waals surface area contributed by atoms with Crippen LogP contribution in [0.25, 0.3) is 0 Å². The topological polar surface area (TPSA) is 119 Å². The van der Waals surface area contributed by atoms with Gasteiger partial charge in [-0.2, -0.15) is 0 Å². The van der Waals surface area contributed by atoms with Crippen molar-refractivity contribution in [1.82, 2.24) is 5.32 Å². The number of carbonyl (C=O) groups is 1. The van der Waals surface area contributed by atoms with Crippen molar-refractivity contribution < 1.29 is 31.4 Å². The van der Waals surface area contributed by atoms with Crippen molar-refractivity contribution in [3.8, 4) is 0 Å². The molecule has 15 heavy (non-hydrogen) atoms. The molecular weight excluding hydrogens is 206 g/mol. The van der Waals surface area contributed by atoms with Gasteiger partial charge in [0.15, 0.2) is 6.29 Å².